The molecule has 0 bridgehead atoms. The summed E-state index contributed by atoms with van der Waals surface area (Å²) in [6.07, 6.45) is 5.17. The fourth-order valence-corrected chi connectivity index (χ4v) is 2.10. The van der Waals surface area contributed by atoms with Crippen LogP contribution in [-0.2, 0) is 17.9 Å². The number of rotatable bonds is 8. The summed E-state index contributed by atoms with van der Waals surface area (Å²) in [5.74, 6) is 0. The Morgan fingerprint density at radius 3 is 2.89 bits per heavy atom. The minimum absolute atomic E-state index is 0.646. The van der Waals surface area contributed by atoms with E-state index in [1.807, 2.05) is 19.1 Å². The van der Waals surface area contributed by atoms with Gasteiger partial charge in [0.15, 0.2) is 0 Å². The SMILES string of the molecule is C/C=C/COCc1ccc(CNCCC)cc1Br. The lowest BCUT2D eigenvalue weighted by molar-refractivity contribution is 0.148. The van der Waals surface area contributed by atoms with Crippen molar-refractivity contribution in [2.75, 3.05) is 13.2 Å². The van der Waals surface area contributed by atoms with Gasteiger partial charge in [0.2, 0.25) is 0 Å². The number of allylic oxidation sites excluding steroid dienone is 1. The van der Waals surface area contributed by atoms with E-state index in [4.69, 9.17) is 4.74 Å². The Balaban J connectivity index is 2.46. The van der Waals surface area contributed by atoms with Gasteiger partial charge in [0.05, 0.1) is 13.2 Å². The molecule has 1 aromatic carbocycles. The molecule has 0 saturated carbocycles. The fourth-order valence-electron chi connectivity index (χ4n) is 1.56. The number of ether oxygens (including phenoxy) is 1. The normalized spacial score (nSPS) is 11.3. The molecule has 0 atom stereocenters. The van der Waals surface area contributed by atoms with Crippen LogP contribution < -0.4 is 5.32 Å². The summed E-state index contributed by atoms with van der Waals surface area (Å²) in [5, 5.41) is 3.40. The molecule has 3 heteroatoms. The lowest BCUT2D eigenvalue weighted by atomic mass is 10.1. The quantitative estimate of drug-likeness (QED) is 0.578. The number of benzene rings is 1. The molecular weight excluding hydrogens is 290 g/mol. The van der Waals surface area contributed by atoms with E-state index in [1.165, 1.54) is 11.1 Å². The Labute approximate surface area is 119 Å². The van der Waals surface area contributed by atoms with Gasteiger partial charge in [0.25, 0.3) is 0 Å². The van der Waals surface area contributed by atoms with Gasteiger partial charge in [-0.05, 0) is 37.1 Å². The van der Waals surface area contributed by atoms with Crippen LogP contribution in [0.2, 0.25) is 0 Å². The number of hydrogen-bond acceptors (Lipinski definition) is 2. The second-order valence-corrected chi connectivity index (χ2v) is 5.04. The molecule has 1 aromatic rings. The van der Waals surface area contributed by atoms with Crippen molar-refractivity contribution < 1.29 is 4.74 Å². The van der Waals surface area contributed by atoms with Gasteiger partial charge >= 0.3 is 0 Å². The largest absolute Gasteiger partial charge is 0.373 e. The molecular formula is C15H22BrNO. The summed E-state index contributed by atoms with van der Waals surface area (Å²) >= 11 is 3.60. The molecule has 0 heterocycles. The molecule has 0 aliphatic heterocycles. The molecule has 18 heavy (non-hydrogen) atoms. The highest BCUT2D eigenvalue weighted by Gasteiger charge is 2.01. The van der Waals surface area contributed by atoms with E-state index < -0.39 is 0 Å². The van der Waals surface area contributed by atoms with E-state index in [9.17, 15) is 0 Å². The first-order valence-electron chi connectivity index (χ1n) is 6.44. The maximum atomic E-state index is 5.55. The summed E-state index contributed by atoms with van der Waals surface area (Å²) < 4.78 is 6.67. The first-order valence-corrected chi connectivity index (χ1v) is 7.24. The molecule has 0 aliphatic rings. The molecule has 2 nitrogen and oxygen atoms in total. The smallest absolute Gasteiger partial charge is 0.0732 e. The lowest BCUT2D eigenvalue weighted by Crippen LogP contribution is -2.13. The van der Waals surface area contributed by atoms with Crippen molar-refractivity contribution in [3.05, 3.63) is 46.0 Å². The van der Waals surface area contributed by atoms with Crippen LogP contribution in [0.1, 0.15) is 31.4 Å². The molecule has 0 fully saturated rings. The third-order valence-corrected chi connectivity index (χ3v) is 3.32. The van der Waals surface area contributed by atoms with Gasteiger partial charge in [-0.2, -0.15) is 0 Å². The van der Waals surface area contributed by atoms with Crippen molar-refractivity contribution in [2.24, 2.45) is 0 Å². The molecule has 0 aliphatic carbocycles. The Hall–Kier alpha value is -0.640. The van der Waals surface area contributed by atoms with Crippen molar-refractivity contribution in [1.82, 2.24) is 5.32 Å². The van der Waals surface area contributed by atoms with Crippen molar-refractivity contribution in [3.63, 3.8) is 0 Å². The third kappa shape index (κ3) is 5.80. The van der Waals surface area contributed by atoms with Crippen LogP contribution >= 0.6 is 15.9 Å². The van der Waals surface area contributed by atoms with Crippen LogP contribution in [0.5, 0.6) is 0 Å². The average molecular weight is 312 g/mol. The molecule has 0 radical (unpaired) electrons. The van der Waals surface area contributed by atoms with E-state index in [-0.39, 0.29) is 0 Å². The summed E-state index contributed by atoms with van der Waals surface area (Å²) in [6, 6.07) is 6.45. The van der Waals surface area contributed by atoms with Crippen molar-refractivity contribution >= 4 is 15.9 Å². The second-order valence-electron chi connectivity index (χ2n) is 4.19. The Morgan fingerprint density at radius 1 is 1.39 bits per heavy atom. The van der Waals surface area contributed by atoms with Crippen LogP contribution in [0.15, 0.2) is 34.8 Å². The van der Waals surface area contributed by atoms with Gasteiger partial charge in [0, 0.05) is 11.0 Å². The highest BCUT2D eigenvalue weighted by atomic mass is 79.9. The molecule has 0 spiro atoms. The minimum atomic E-state index is 0.646. The van der Waals surface area contributed by atoms with Crippen LogP contribution in [0.4, 0.5) is 0 Å². The van der Waals surface area contributed by atoms with Crippen LogP contribution in [-0.4, -0.2) is 13.2 Å². The van der Waals surface area contributed by atoms with Gasteiger partial charge < -0.3 is 10.1 Å². The highest BCUT2D eigenvalue weighted by Crippen LogP contribution is 2.19. The Morgan fingerprint density at radius 2 is 2.22 bits per heavy atom. The molecule has 0 saturated heterocycles. The van der Waals surface area contributed by atoms with Crippen LogP contribution in [0.25, 0.3) is 0 Å². The molecule has 0 aromatic heterocycles. The maximum Gasteiger partial charge on any atom is 0.0732 e. The first-order chi connectivity index (χ1) is 8.77. The maximum absolute atomic E-state index is 5.55. The zero-order valence-electron chi connectivity index (χ0n) is 11.2. The van der Waals surface area contributed by atoms with E-state index in [0.29, 0.717) is 13.2 Å². The third-order valence-electron chi connectivity index (χ3n) is 2.58. The Kier molecular flexibility index (Phi) is 7.98. The summed E-state index contributed by atoms with van der Waals surface area (Å²) in [5.41, 5.74) is 2.49. The van der Waals surface area contributed by atoms with E-state index in [2.05, 4.69) is 46.4 Å². The van der Waals surface area contributed by atoms with E-state index in [1.54, 1.807) is 0 Å². The van der Waals surface area contributed by atoms with Crippen LogP contribution in [0, 0.1) is 0 Å². The predicted molar refractivity (Wildman–Crippen MR) is 80.6 cm³/mol. The number of hydrogen-bond donors (Lipinski definition) is 1. The summed E-state index contributed by atoms with van der Waals surface area (Å²) in [7, 11) is 0. The van der Waals surface area contributed by atoms with E-state index >= 15 is 0 Å². The standard InChI is InChI=1S/C15H22BrNO/c1-3-5-9-18-12-14-7-6-13(10-15(14)16)11-17-8-4-2/h3,5-7,10,17H,4,8-9,11-12H2,1-2H3/b5-3+. The topological polar surface area (TPSA) is 21.3 Å². The fraction of sp³-hybridized carbons (Fsp3) is 0.467. The minimum Gasteiger partial charge on any atom is -0.373 e. The Bertz CT molecular complexity index is 377. The predicted octanol–water partition coefficient (Wildman–Crippen LogP) is 4.04. The molecule has 1 rings (SSSR count). The van der Waals surface area contributed by atoms with Crippen molar-refractivity contribution in [2.45, 2.75) is 33.4 Å². The van der Waals surface area contributed by atoms with Crippen LogP contribution in [0.3, 0.4) is 0 Å². The van der Waals surface area contributed by atoms with Crippen molar-refractivity contribution in [3.8, 4) is 0 Å². The van der Waals surface area contributed by atoms with Gasteiger partial charge in [-0.3, -0.25) is 0 Å². The molecule has 100 valence electrons. The van der Waals surface area contributed by atoms with Gasteiger partial charge in [-0.1, -0.05) is 47.1 Å². The average Bonchev–Trinajstić information content (AvgIpc) is 2.37. The zero-order valence-corrected chi connectivity index (χ0v) is 12.8. The van der Waals surface area contributed by atoms with Crippen molar-refractivity contribution in [1.29, 1.82) is 0 Å². The summed E-state index contributed by atoms with van der Waals surface area (Å²) in [6.45, 7) is 7.47. The number of halogens is 1. The van der Waals surface area contributed by atoms with Gasteiger partial charge in [-0.15, -0.1) is 0 Å². The first kappa shape index (κ1) is 15.4. The zero-order chi connectivity index (χ0) is 13.2. The highest BCUT2D eigenvalue weighted by molar-refractivity contribution is 9.10. The molecule has 0 unspecified atom stereocenters. The lowest BCUT2D eigenvalue weighted by Gasteiger charge is -2.08. The van der Waals surface area contributed by atoms with Gasteiger partial charge in [0.1, 0.15) is 0 Å². The monoisotopic (exact) mass is 311 g/mol. The summed E-state index contributed by atoms with van der Waals surface area (Å²) in [4.78, 5) is 0. The number of nitrogens with one attached hydrogen (secondary N) is 1. The molecule has 1 N–H and O–H groups in total. The van der Waals surface area contributed by atoms with E-state index in [0.717, 1.165) is 24.0 Å². The second kappa shape index (κ2) is 9.31. The van der Waals surface area contributed by atoms with Gasteiger partial charge in [-0.25, -0.2) is 0 Å². The molecule has 0 amide bonds.